The fourth-order valence-corrected chi connectivity index (χ4v) is 3.13. The van der Waals surface area contributed by atoms with Crippen LogP contribution in [-0.2, 0) is 0 Å². The summed E-state index contributed by atoms with van der Waals surface area (Å²) in [7, 11) is 0. The lowest BCUT2D eigenvalue weighted by Crippen LogP contribution is -1.83. The second-order valence-electron chi connectivity index (χ2n) is 6.12. The van der Waals surface area contributed by atoms with E-state index < -0.39 is 0 Å². The summed E-state index contributed by atoms with van der Waals surface area (Å²) in [5.41, 5.74) is 4.33. The Labute approximate surface area is 165 Å². The van der Waals surface area contributed by atoms with Crippen LogP contribution in [0, 0.1) is 6.92 Å². The number of phenols is 1. The van der Waals surface area contributed by atoms with Crippen molar-refractivity contribution in [3.63, 3.8) is 0 Å². The molecule has 0 atom stereocenters. The molecule has 6 heteroatoms. The van der Waals surface area contributed by atoms with Crippen molar-refractivity contribution >= 4 is 46.2 Å². The van der Waals surface area contributed by atoms with Gasteiger partial charge in [0.2, 0.25) is 5.89 Å². The first-order chi connectivity index (χ1) is 13.0. The van der Waals surface area contributed by atoms with Crippen molar-refractivity contribution in [1.82, 2.24) is 4.98 Å². The molecule has 3 aromatic carbocycles. The number of aromatic hydroxyl groups is 1. The van der Waals surface area contributed by atoms with Gasteiger partial charge in [0.25, 0.3) is 0 Å². The van der Waals surface area contributed by atoms with Gasteiger partial charge < -0.3 is 9.52 Å². The predicted octanol–water partition coefficient (Wildman–Crippen LogP) is 6.57. The van der Waals surface area contributed by atoms with Crippen LogP contribution in [0.4, 0.5) is 5.69 Å². The van der Waals surface area contributed by atoms with Gasteiger partial charge in [0, 0.05) is 16.8 Å². The van der Waals surface area contributed by atoms with Crippen molar-refractivity contribution in [1.29, 1.82) is 0 Å². The molecule has 0 saturated heterocycles. The van der Waals surface area contributed by atoms with Crippen LogP contribution in [0.3, 0.4) is 0 Å². The number of rotatable bonds is 3. The van der Waals surface area contributed by atoms with Crippen LogP contribution in [0.2, 0.25) is 10.0 Å². The van der Waals surface area contributed by atoms with Crippen molar-refractivity contribution in [2.45, 2.75) is 6.92 Å². The molecule has 0 radical (unpaired) electrons. The highest BCUT2D eigenvalue weighted by Gasteiger charge is 2.13. The molecule has 27 heavy (non-hydrogen) atoms. The zero-order valence-corrected chi connectivity index (χ0v) is 15.8. The highest BCUT2D eigenvalue weighted by atomic mass is 35.5. The molecule has 1 N–H and O–H groups in total. The van der Waals surface area contributed by atoms with Crippen LogP contribution in [0.1, 0.15) is 11.1 Å². The van der Waals surface area contributed by atoms with Gasteiger partial charge in [-0.15, -0.1) is 0 Å². The Hall–Kier alpha value is -2.82. The molecule has 0 spiro atoms. The molecule has 4 nitrogen and oxygen atoms in total. The summed E-state index contributed by atoms with van der Waals surface area (Å²) in [6, 6.07) is 15.9. The number of aryl methyl sites for hydroxylation is 1. The molecule has 0 saturated carbocycles. The number of oxazole rings is 1. The van der Waals surface area contributed by atoms with Crippen molar-refractivity contribution in [3.05, 3.63) is 75.8 Å². The molecule has 1 aromatic heterocycles. The maximum absolute atomic E-state index is 10.2. The third-order valence-electron chi connectivity index (χ3n) is 4.07. The summed E-state index contributed by atoms with van der Waals surface area (Å²) in [5.74, 6) is 0.413. The van der Waals surface area contributed by atoms with Crippen LogP contribution in [-0.4, -0.2) is 16.3 Å². The van der Waals surface area contributed by atoms with Crippen LogP contribution in [0.5, 0.6) is 5.75 Å². The molecule has 1 heterocycles. The molecule has 4 rings (SSSR count). The third-order valence-corrected chi connectivity index (χ3v) is 4.63. The van der Waals surface area contributed by atoms with Gasteiger partial charge >= 0.3 is 0 Å². The average molecular weight is 397 g/mol. The summed E-state index contributed by atoms with van der Waals surface area (Å²) in [5, 5.41) is 11.3. The number of aliphatic imine (C=N–C) groups is 1. The van der Waals surface area contributed by atoms with E-state index in [2.05, 4.69) is 9.98 Å². The average Bonchev–Trinajstić information content (AvgIpc) is 3.05. The van der Waals surface area contributed by atoms with Crippen molar-refractivity contribution in [2.24, 2.45) is 4.99 Å². The zero-order valence-electron chi connectivity index (χ0n) is 14.3. The van der Waals surface area contributed by atoms with E-state index in [0.29, 0.717) is 32.8 Å². The van der Waals surface area contributed by atoms with E-state index in [0.717, 1.165) is 16.6 Å². The number of halogens is 2. The van der Waals surface area contributed by atoms with E-state index in [1.165, 1.54) is 0 Å². The molecule has 0 unspecified atom stereocenters. The predicted molar refractivity (Wildman–Crippen MR) is 110 cm³/mol. The summed E-state index contributed by atoms with van der Waals surface area (Å²) in [6.07, 6.45) is 1.64. The molecule has 0 aliphatic carbocycles. The second kappa shape index (κ2) is 7.06. The summed E-state index contributed by atoms with van der Waals surface area (Å²) in [4.78, 5) is 8.88. The molecule has 0 aliphatic heterocycles. The summed E-state index contributed by atoms with van der Waals surface area (Å²) in [6.45, 7) is 1.98. The normalized spacial score (nSPS) is 11.5. The highest BCUT2D eigenvalue weighted by molar-refractivity contribution is 6.36. The van der Waals surface area contributed by atoms with E-state index in [1.54, 1.807) is 42.6 Å². The number of hydrogen-bond donors (Lipinski definition) is 1. The van der Waals surface area contributed by atoms with Crippen LogP contribution >= 0.6 is 23.2 Å². The standard InChI is InChI=1S/C21H14Cl2N2O2/c1-12-2-6-18-20(8-12)27-21(25-18)16-10-15(5-7-19(16)26)24-11-13-3-4-14(22)9-17(13)23/h2-11,26H,1H3. The Morgan fingerprint density at radius 1 is 1.04 bits per heavy atom. The first-order valence-electron chi connectivity index (χ1n) is 8.19. The molecule has 0 bridgehead atoms. The lowest BCUT2D eigenvalue weighted by Gasteiger charge is -2.02. The SMILES string of the molecule is Cc1ccc2nc(-c3cc(N=Cc4ccc(Cl)cc4Cl)ccc3O)oc2c1. The van der Waals surface area contributed by atoms with Gasteiger partial charge in [-0.1, -0.05) is 35.3 Å². The van der Waals surface area contributed by atoms with Crippen LogP contribution < -0.4 is 0 Å². The Balaban J connectivity index is 1.71. The fourth-order valence-electron chi connectivity index (χ4n) is 2.67. The lowest BCUT2D eigenvalue weighted by atomic mass is 10.1. The number of phenolic OH excluding ortho intramolecular Hbond substituents is 1. The van der Waals surface area contributed by atoms with Gasteiger partial charge in [0.1, 0.15) is 11.3 Å². The van der Waals surface area contributed by atoms with E-state index in [1.807, 2.05) is 25.1 Å². The third kappa shape index (κ3) is 3.68. The molecule has 0 aliphatic rings. The van der Waals surface area contributed by atoms with Gasteiger partial charge in [0.05, 0.1) is 16.3 Å². The fraction of sp³-hybridized carbons (Fsp3) is 0.0476. The largest absolute Gasteiger partial charge is 0.507 e. The Morgan fingerprint density at radius 2 is 1.89 bits per heavy atom. The molecule has 134 valence electrons. The van der Waals surface area contributed by atoms with E-state index in [-0.39, 0.29) is 5.75 Å². The Morgan fingerprint density at radius 3 is 2.70 bits per heavy atom. The van der Waals surface area contributed by atoms with E-state index >= 15 is 0 Å². The minimum absolute atomic E-state index is 0.0711. The van der Waals surface area contributed by atoms with Gasteiger partial charge in [-0.25, -0.2) is 4.98 Å². The highest BCUT2D eigenvalue weighted by Crippen LogP contribution is 2.34. The zero-order chi connectivity index (χ0) is 19.0. The summed E-state index contributed by atoms with van der Waals surface area (Å²) >= 11 is 12.1. The number of benzene rings is 3. The van der Waals surface area contributed by atoms with Crippen molar-refractivity contribution in [2.75, 3.05) is 0 Å². The molecule has 0 amide bonds. The van der Waals surface area contributed by atoms with Gasteiger partial charge in [-0.2, -0.15) is 0 Å². The topological polar surface area (TPSA) is 58.6 Å². The van der Waals surface area contributed by atoms with Gasteiger partial charge in [-0.05, 0) is 55.0 Å². The Kier molecular flexibility index (Phi) is 4.60. The first kappa shape index (κ1) is 17.6. The van der Waals surface area contributed by atoms with Crippen molar-refractivity contribution in [3.8, 4) is 17.2 Å². The minimum Gasteiger partial charge on any atom is -0.507 e. The molecule has 4 aromatic rings. The van der Waals surface area contributed by atoms with Crippen LogP contribution in [0.25, 0.3) is 22.6 Å². The smallest absolute Gasteiger partial charge is 0.231 e. The quantitative estimate of drug-likeness (QED) is 0.398. The maximum Gasteiger partial charge on any atom is 0.231 e. The maximum atomic E-state index is 10.2. The van der Waals surface area contributed by atoms with E-state index in [4.69, 9.17) is 27.6 Å². The number of nitrogens with zero attached hydrogens (tertiary/aromatic N) is 2. The number of hydrogen-bond acceptors (Lipinski definition) is 4. The van der Waals surface area contributed by atoms with Gasteiger partial charge in [0.15, 0.2) is 5.58 Å². The lowest BCUT2D eigenvalue weighted by molar-refractivity contribution is 0.474. The number of aromatic nitrogens is 1. The van der Waals surface area contributed by atoms with Crippen molar-refractivity contribution < 1.29 is 9.52 Å². The Bertz CT molecular complexity index is 1180. The minimum atomic E-state index is 0.0711. The monoisotopic (exact) mass is 396 g/mol. The number of fused-ring (bicyclic) bond motifs is 1. The second-order valence-corrected chi connectivity index (χ2v) is 6.96. The first-order valence-corrected chi connectivity index (χ1v) is 8.95. The van der Waals surface area contributed by atoms with Crippen LogP contribution in [0.15, 0.2) is 64.0 Å². The van der Waals surface area contributed by atoms with Gasteiger partial charge in [-0.3, -0.25) is 4.99 Å². The molecular weight excluding hydrogens is 383 g/mol. The van der Waals surface area contributed by atoms with E-state index in [9.17, 15) is 5.11 Å². The molecule has 0 fully saturated rings. The molecular formula is C21H14Cl2N2O2. The summed E-state index contributed by atoms with van der Waals surface area (Å²) < 4.78 is 5.81.